The fourth-order valence-corrected chi connectivity index (χ4v) is 2.78. The molecule has 1 aliphatic heterocycles. The van der Waals surface area contributed by atoms with Crippen LogP contribution in [0.3, 0.4) is 0 Å². The summed E-state index contributed by atoms with van der Waals surface area (Å²) < 4.78 is 5.93. The Labute approximate surface area is 115 Å². The van der Waals surface area contributed by atoms with Gasteiger partial charge in [0.1, 0.15) is 11.9 Å². The van der Waals surface area contributed by atoms with Crippen LogP contribution in [-0.2, 0) is 6.42 Å². The molecule has 3 heteroatoms. The largest absolute Gasteiger partial charge is 0.488 e. The molecule has 1 N–H and O–H groups in total. The summed E-state index contributed by atoms with van der Waals surface area (Å²) >= 11 is 5.95. The van der Waals surface area contributed by atoms with Gasteiger partial charge in [0.25, 0.3) is 0 Å². The minimum Gasteiger partial charge on any atom is -0.488 e. The zero-order valence-corrected chi connectivity index (χ0v) is 12.1. The SMILES string of the molecule is Cc1ccc2c(c1)CC(CNC(CCl)C(C)C)O2. The molecule has 0 aromatic heterocycles. The normalized spacial score (nSPS) is 19.7. The standard InChI is InChI=1S/C15H22ClNO/c1-10(2)14(8-16)17-9-13-7-12-6-11(3)4-5-15(12)18-13/h4-6,10,13-14,17H,7-9H2,1-3H3. The molecule has 1 aromatic rings. The van der Waals surface area contributed by atoms with E-state index >= 15 is 0 Å². The van der Waals surface area contributed by atoms with E-state index in [4.69, 9.17) is 16.3 Å². The second kappa shape index (κ2) is 5.94. The van der Waals surface area contributed by atoms with Gasteiger partial charge in [0.2, 0.25) is 0 Å². The molecule has 1 heterocycles. The van der Waals surface area contributed by atoms with Crippen LogP contribution in [0.25, 0.3) is 0 Å². The number of nitrogens with one attached hydrogen (secondary N) is 1. The van der Waals surface area contributed by atoms with Crippen molar-refractivity contribution in [2.24, 2.45) is 5.92 Å². The lowest BCUT2D eigenvalue weighted by molar-refractivity contribution is 0.217. The van der Waals surface area contributed by atoms with Gasteiger partial charge in [-0.05, 0) is 24.5 Å². The smallest absolute Gasteiger partial charge is 0.123 e. The summed E-state index contributed by atoms with van der Waals surface area (Å²) in [4.78, 5) is 0. The van der Waals surface area contributed by atoms with Crippen LogP contribution >= 0.6 is 11.6 Å². The van der Waals surface area contributed by atoms with Gasteiger partial charge in [-0.15, -0.1) is 11.6 Å². The molecule has 2 rings (SSSR count). The molecule has 0 saturated heterocycles. The van der Waals surface area contributed by atoms with Crippen molar-refractivity contribution in [3.8, 4) is 5.75 Å². The molecule has 0 fully saturated rings. The number of hydrogen-bond donors (Lipinski definition) is 1. The number of halogens is 1. The van der Waals surface area contributed by atoms with Crippen molar-refractivity contribution >= 4 is 11.6 Å². The first-order chi connectivity index (χ1) is 8.60. The van der Waals surface area contributed by atoms with Gasteiger partial charge in [0, 0.05) is 24.9 Å². The molecule has 100 valence electrons. The van der Waals surface area contributed by atoms with Crippen LogP contribution in [-0.4, -0.2) is 24.6 Å². The molecule has 0 bridgehead atoms. The van der Waals surface area contributed by atoms with Crippen LogP contribution in [0.4, 0.5) is 0 Å². The molecule has 1 aliphatic rings. The number of alkyl halides is 1. The summed E-state index contributed by atoms with van der Waals surface area (Å²) in [6, 6.07) is 6.76. The molecular formula is C15H22ClNO. The first-order valence-corrected chi connectivity index (χ1v) is 7.19. The Morgan fingerprint density at radius 2 is 2.22 bits per heavy atom. The Morgan fingerprint density at radius 3 is 2.89 bits per heavy atom. The van der Waals surface area contributed by atoms with E-state index in [-0.39, 0.29) is 6.10 Å². The number of hydrogen-bond acceptors (Lipinski definition) is 2. The van der Waals surface area contributed by atoms with Gasteiger partial charge in [-0.25, -0.2) is 0 Å². The van der Waals surface area contributed by atoms with E-state index in [0.29, 0.717) is 17.8 Å². The Kier molecular flexibility index (Phi) is 4.52. The number of aryl methyl sites for hydroxylation is 1. The molecule has 2 unspecified atom stereocenters. The molecule has 0 spiro atoms. The maximum absolute atomic E-state index is 5.95. The molecule has 0 aliphatic carbocycles. The van der Waals surface area contributed by atoms with Crippen molar-refractivity contribution in [3.05, 3.63) is 29.3 Å². The summed E-state index contributed by atoms with van der Waals surface area (Å²) in [6.07, 6.45) is 1.24. The highest BCUT2D eigenvalue weighted by atomic mass is 35.5. The third kappa shape index (κ3) is 3.18. The van der Waals surface area contributed by atoms with Gasteiger partial charge in [-0.2, -0.15) is 0 Å². The molecule has 0 amide bonds. The summed E-state index contributed by atoms with van der Waals surface area (Å²) in [6.45, 7) is 7.36. The highest BCUT2D eigenvalue weighted by Crippen LogP contribution is 2.29. The molecular weight excluding hydrogens is 246 g/mol. The molecule has 18 heavy (non-hydrogen) atoms. The average molecular weight is 268 g/mol. The van der Waals surface area contributed by atoms with Crippen LogP contribution in [0.2, 0.25) is 0 Å². The molecule has 2 atom stereocenters. The summed E-state index contributed by atoms with van der Waals surface area (Å²) in [7, 11) is 0. The van der Waals surface area contributed by atoms with Crippen LogP contribution < -0.4 is 10.1 Å². The fraction of sp³-hybridized carbons (Fsp3) is 0.600. The second-order valence-corrected chi connectivity index (χ2v) is 5.78. The van der Waals surface area contributed by atoms with Crippen molar-refractivity contribution in [1.82, 2.24) is 5.32 Å². The second-order valence-electron chi connectivity index (χ2n) is 5.47. The van der Waals surface area contributed by atoms with Crippen LogP contribution in [0.1, 0.15) is 25.0 Å². The summed E-state index contributed by atoms with van der Waals surface area (Å²) in [5.41, 5.74) is 2.63. The maximum Gasteiger partial charge on any atom is 0.123 e. The van der Waals surface area contributed by atoms with E-state index in [2.05, 4.69) is 44.3 Å². The van der Waals surface area contributed by atoms with Crippen LogP contribution in [0.15, 0.2) is 18.2 Å². The Balaban J connectivity index is 1.88. The minimum absolute atomic E-state index is 0.242. The quantitative estimate of drug-likeness (QED) is 0.828. The van der Waals surface area contributed by atoms with Crippen molar-refractivity contribution in [2.45, 2.75) is 39.3 Å². The van der Waals surface area contributed by atoms with Gasteiger partial charge in [0.15, 0.2) is 0 Å². The zero-order valence-electron chi connectivity index (χ0n) is 11.4. The molecule has 0 radical (unpaired) electrons. The molecule has 2 nitrogen and oxygen atoms in total. The predicted octanol–water partition coefficient (Wildman–Crippen LogP) is 3.15. The van der Waals surface area contributed by atoms with E-state index in [1.54, 1.807) is 0 Å². The number of benzene rings is 1. The number of fused-ring (bicyclic) bond motifs is 1. The van der Waals surface area contributed by atoms with E-state index < -0.39 is 0 Å². The van der Waals surface area contributed by atoms with E-state index in [9.17, 15) is 0 Å². The lowest BCUT2D eigenvalue weighted by atomic mass is 10.0. The van der Waals surface area contributed by atoms with E-state index in [1.165, 1.54) is 11.1 Å². The van der Waals surface area contributed by atoms with Crippen molar-refractivity contribution in [2.75, 3.05) is 12.4 Å². The Morgan fingerprint density at radius 1 is 1.44 bits per heavy atom. The van der Waals surface area contributed by atoms with Crippen molar-refractivity contribution in [3.63, 3.8) is 0 Å². The van der Waals surface area contributed by atoms with Gasteiger partial charge in [-0.1, -0.05) is 31.5 Å². The zero-order chi connectivity index (χ0) is 13.1. The fourth-order valence-electron chi connectivity index (χ4n) is 2.31. The number of ether oxygens (including phenoxy) is 1. The van der Waals surface area contributed by atoms with Crippen molar-refractivity contribution < 1.29 is 4.74 Å². The lowest BCUT2D eigenvalue weighted by Gasteiger charge is -2.21. The Bertz CT molecular complexity index is 405. The summed E-state index contributed by atoms with van der Waals surface area (Å²) in [5, 5.41) is 3.50. The topological polar surface area (TPSA) is 21.3 Å². The van der Waals surface area contributed by atoms with Crippen molar-refractivity contribution in [1.29, 1.82) is 0 Å². The van der Waals surface area contributed by atoms with Gasteiger partial charge < -0.3 is 10.1 Å². The first-order valence-electron chi connectivity index (χ1n) is 6.65. The third-order valence-electron chi connectivity index (χ3n) is 3.54. The highest BCUT2D eigenvalue weighted by molar-refractivity contribution is 6.18. The average Bonchev–Trinajstić information content (AvgIpc) is 2.71. The Hall–Kier alpha value is -0.730. The van der Waals surface area contributed by atoms with Gasteiger partial charge in [0.05, 0.1) is 0 Å². The van der Waals surface area contributed by atoms with Gasteiger partial charge in [-0.3, -0.25) is 0 Å². The maximum atomic E-state index is 5.95. The highest BCUT2D eigenvalue weighted by Gasteiger charge is 2.23. The van der Waals surface area contributed by atoms with Crippen LogP contribution in [0.5, 0.6) is 5.75 Å². The first kappa shape index (κ1) is 13.7. The van der Waals surface area contributed by atoms with Gasteiger partial charge >= 0.3 is 0 Å². The molecule has 0 saturated carbocycles. The van der Waals surface area contributed by atoms with E-state index in [1.807, 2.05) is 0 Å². The third-order valence-corrected chi connectivity index (χ3v) is 3.87. The summed E-state index contributed by atoms with van der Waals surface area (Å²) in [5.74, 6) is 2.24. The molecule has 1 aromatic carbocycles. The van der Waals surface area contributed by atoms with E-state index in [0.717, 1.165) is 18.7 Å². The predicted molar refractivity (Wildman–Crippen MR) is 76.6 cm³/mol. The lowest BCUT2D eigenvalue weighted by Crippen LogP contribution is -2.41. The monoisotopic (exact) mass is 267 g/mol. The number of rotatable bonds is 5. The minimum atomic E-state index is 0.242. The van der Waals surface area contributed by atoms with Crippen LogP contribution in [0, 0.1) is 12.8 Å².